The van der Waals surface area contributed by atoms with E-state index in [1.165, 1.54) is 0 Å². The van der Waals surface area contributed by atoms with E-state index in [1.807, 2.05) is 25.1 Å². The second kappa shape index (κ2) is 6.02. The van der Waals surface area contributed by atoms with Gasteiger partial charge >= 0.3 is 0 Å². The highest BCUT2D eigenvalue weighted by Crippen LogP contribution is 2.28. The molecule has 0 bridgehead atoms. The molecule has 2 rings (SSSR count). The lowest BCUT2D eigenvalue weighted by atomic mass is 9.95. The van der Waals surface area contributed by atoms with Crippen LogP contribution in [0.25, 0.3) is 0 Å². The quantitative estimate of drug-likeness (QED) is 0.857. The van der Waals surface area contributed by atoms with Gasteiger partial charge in [0.05, 0.1) is 6.04 Å². The fourth-order valence-electron chi connectivity index (χ4n) is 2.25. The van der Waals surface area contributed by atoms with Crippen LogP contribution in [-0.4, -0.2) is 7.05 Å². The first-order chi connectivity index (χ1) is 9.43. The summed E-state index contributed by atoms with van der Waals surface area (Å²) in [6.07, 6.45) is 0. The number of hydrogen-bond acceptors (Lipinski definition) is 1. The zero-order chi connectivity index (χ0) is 14.9. The predicted octanol–water partition coefficient (Wildman–Crippen LogP) is 4.65. The van der Waals surface area contributed by atoms with Crippen LogP contribution in [0.3, 0.4) is 0 Å². The average molecular weight is 340 g/mol. The topological polar surface area (TPSA) is 12.0 Å². The third-order valence-electron chi connectivity index (χ3n) is 3.39. The molecule has 106 valence electrons. The molecule has 1 nitrogen and oxygen atoms in total. The first kappa shape index (κ1) is 15.1. The monoisotopic (exact) mass is 339 g/mol. The Balaban J connectivity index is 2.52. The van der Waals surface area contributed by atoms with Crippen LogP contribution in [0, 0.1) is 25.5 Å². The highest BCUT2D eigenvalue weighted by Gasteiger charge is 2.18. The summed E-state index contributed by atoms with van der Waals surface area (Å²) >= 11 is 3.45. The van der Waals surface area contributed by atoms with Crippen LogP contribution in [0.2, 0.25) is 0 Å². The first-order valence-electron chi connectivity index (χ1n) is 6.33. The Kier molecular flexibility index (Phi) is 4.55. The van der Waals surface area contributed by atoms with E-state index >= 15 is 0 Å². The van der Waals surface area contributed by atoms with Gasteiger partial charge in [-0.25, -0.2) is 8.78 Å². The highest BCUT2D eigenvalue weighted by atomic mass is 79.9. The molecule has 0 saturated heterocycles. The minimum absolute atomic E-state index is 0.305. The van der Waals surface area contributed by atoms with Crippen LogP contribution in [0.4, 0.5) is 8.78 Å². The van der Waals surface area contributed by atoms with Gasteiger partial charge in [0.25, 0.3) is 0 Å². The van der Waals surface area contributed by atoms with Gasteiger partial charge in [-0.15, -0.1) is 0 Å². The molecular weight excluding hydrogens is 324 g/mol. The third kappa shape index (κ3) is 2.91. The van der Waals surface area contributed by atoms with Gasteiger partial charge in [0.2, 0.25) is 0 Å². The maximum atomic E-state index is 14.0. The summed E-state index contributed by atoms with van der Waals surface area (Å²) in [5.41, 5.74) is 2.91. The Hall–Kier alpha value is -1.26. The Labute approximate surface area is 126 Å². The lowest BCUT2D eigenvalue weighted by Gasteiger charge is -2.19. The second-order valence-electron chi connectivity index (χ2n) is 4.85. The average Bonchev–Trinajstić information content (AvgIpc) is 2.40. The fourth-order valence-corrected chi connectivity index (χ4v) is 2.50. The number of rotatable bonds is 3. The second-order valence-corrected chi connectivity index (χ2v) is 5.71. The van der Waals surface area contributed by atoms with Crippen molar-refractivity contribution in [3.63, 3.8) is 0 Å². The van der Waals surface area contributed by atoms with Crippen LogP contribution in [0.5, 0.6) is 0 Å². The summed E-state index contributed by atoms with van der Waals surface area (Å²) in [5, 5.41) is 3.09. The van der Waals surface area contributed by atoms with Crippen molar-refractivity contribution < 1.29 is 8.78 Å². The zero-order valence-corrected chi connectivity index (χ0v) is 13.2. The molecule has 0 heterocycles. The number of nitrogens with one attached hydrogen (secondary N) is 1. The molecular formula is C16H16BrF2N. The lowest BCUT2D eigenvalue weighted by Crippen LogP contribution is -2.19. The number of halogens is 3. The van der Waals surface area contributed by atoms with Crippen LogP contribution < -0.4 is 5.32 Å². The van der Waals surface area contributed by atoms with E-state index in [0.29, 0.717) is 11.1 Å². The molecule has 0 aromatic heterocycles. The smallest absolute Gasteiger partial charge is 0.131 e. The van der Waals surface area contributed by atoms with Crippen molar-refractivity contribution in [1.29, 1.82) is 0 Å². The molecule has 0 radical (unpaired) electrons. The van der Waals surface area contributed by atoms with Gasteiger partial charge in [-0.3, -0.25) is 0 Å². The minimum atomic E-state index is -0.534. The van der Waals surface area contributed by atoms with Crippen molar-refractivity contribution in [1.82, 2.24) is 5.32 Å². The van der Waals surface area contributed by atoms with Crippen LogP contribution in [-0.2, 0) is 0 Å². The summed E-state index contributed by atoms with van der Waals surface area (Å²) in [6, 6.07) is 8.05. The van der Waals surface area contributed by atoms with E-state index in [4.69, 9.17) is 0 Å². The predicted molar refractivity (Wildman–Crippen MR) is 80.9 cm³/mol. The molecule has 0 saturated carbocycles. The van der Waals surface area contributed by atoms with Gasteiger partial charge in [-0.1, -0.05) is 28.1 Å². The fraction of sp³-hybridized carbons (Fsp3) is 0.250. The molecule has 1 N–H and O–H groups in total. The SMILES string of the molecule is CNC(c1ccc(Br)c(C)c1)c1cc(C)c(F)cc1F. The molecule has 1 atom stereocenters. The summed E-state index contributed by atoms with van der Waals surface area (Å²) in [6.45, 7) is 3.62. The summed E-state index contributed by atoms with van der Waals surface area (Å²) < 4.78 is 28.4. The standard InChI is InChI=1S/C16H16BrF2N/c1-9-6-11(4-5-13(9)17)16(20-3)12-7-10(2)14(18)8-15(12)19/h4-8,16,20H,1-3H3. The zero-order valence-electron chi connectivity index (χ0n) is 11.6. The Morgan fingerprint density at radius 2 is 1.70 bits per heavy atom. The number of aryl methyl sites for hydroxylation is 2. The molecule has 0 spiro atoms. The molecule has 1 unspecified atom stereocenters. The maximum absolute atomic E-state index is 14.0. The van der Waals surface area contributed by atoms with Crippen LogP contribution >= 0.6 is 15.9 Å². The van der Waals surface area contributed by atoms with Crippen molar-refractivity contribution in [2.24, 2.45) is 0 Å². The normalized spacial score (nSPS) is 12.5. The molecule has 0 amide bonds. The van der Waals surface area contributed by atoms with Gasteiger partial charge in [0.1, 0.15) is 11.6 Å². The van der Waals surface area contributed by atoms with Crippen molar-refractivity contribution in [3.05, 3.63) is 68.7 Å². The summed E-state index contributed by atoms with van der Waals surface area (Å²) in [7, 11) is 1.76. The minimum Gasteiger partial charge on any atom is -0.309 e. The van der Waals surface area contributed by atoms with Gasteiger partial charge in [-0.2, -0.15) is 0 Å². The molecule has 2 aromatic carbocycles. The van der Waals surface area contributed by atoms with E-state index in [-0.39, 0.29) is 6.04 Å². The Morgan fingerprint density at radius 3 is 2.30 bits per heavy atom. The first-order valence-corrected chi connectivity index (χ1v) is 7.12. The van der Waals surface area contributed by atoms with Gasteiger partial charge < -0.3 is 5.32 Å². The lowest BCUT2D eigenvalue weighted by molar-refractivity contribution is 0.547. The van der Waals surface area contributed by atoms with E-state index in [2.05, 4.69) is 21.2 Å². The maximum Gasteiger partial charge on any atom is 0.131 e. The van der Waals surface area contributed by atoms with E-state index in [9.17, 15) is 8.78 Å². The summed E-state index contributed by atoms with van der Waals surface area (Å²) in [5.74, 6) is -1.05. The summed E-state index contributed by atoms with van der Waals surface area (Å²) in [4.78, 5) is 0. The van der Waals surface area contributed by atoms with Gasteiger partial charge in [-0.05, 0) is 49.7 Å². The molecule has 0 aliphatic heterocycles. The van der Waals surface area contributed by atoms with Crippen molar-refractivity contribution in [3.8, 4) is 0 Å². The van der Waals surface area contributed by atoms with Gasteiger partial charge in [0.15, 0.2) is 0 Å². The molecule has 0 aliphatic carbocycles. The van der Waals surface area contributed by atoms with Gasteiger partial charge in [0, 0.05) is 16.1 Å². The number of benzene rings is 2. The molecule has 0 fully saturated rings. The molecule has 2 aromatic rings. The van der Waals surface area contributed by atoms with E-state index in [1.54, 1.807) is 20.0 Å². The van der Waals surface area contributed by atoms with Crippen molar-refractivity contribution in [2.75, 3.05) is 7.05 Å². The van der Waals surface area contributed by atoms with E-state index < -0.39 is 11.6 Å². The Bertz CT molecular complexity index is 641. The van der Waals surface area contributed by atoms with Crippen LogP contribution in [0.1, 0.15) is 28.3 Å². The molecule has 20 heavy (non-hydrogen) atoms. The Morgan fingerprint density at radius 1 is 1.00 bits per heavy atom. The van der Waals surface area contributed by atoms with Crippen molar-refractivity contribution in [2.45, 2.75) is 19.9 Å². The number of hydrogen-bond donors (Lipinski definition) is 1. The molecule has 0 aliphatic rings. The highest BCUT2D eigenvalue weighted by molar-refractivity contribution is 9.10. The van der Waals surface area contributed by atoms with Crippen molar-refractivity contribution >= 4 is 15.9 Å². The molecule has 4 heteroatoms. The third-order valence-corrected chi connectivity index (χ3v) is 4.28. The largest absolute Gasteiger partial charge is 0.309 e. The van der Waals surface area contributed by atoms with Crippen LogP contribution in [0.15, 0.2) is 34.8 Å². The van der Waals surface area contributed by atoms with E-state index in [0.717, 1.165) is 21.7 Å².